The van der Waals surface area contributed by atoms with Crippen molar-refractivity contribution in [3.63, 3.8) is 0 Å². The molecule has 1 aliphatic rings. The van der Waals surface area contributed by atoms with Crippen LogP contribution in [0.15, 0.2) is 36.4 Å². The SMILES string of the molecule is O=C(Nc1cccc(OC2CCCC2)c1)c1nc(Cl)ccc1Cl. The Morgan fingerprint density at radius 2 is 1.96 bits per heavy atom. The first kappa shape index (κ1) is 16.1. The van der Waals surface area contributed by atoms with E-state index in [1.54, 1.807) is 18.2 Å². The van der Waals surface area contributed by atoms with Gasteiger partial charge in [0.05, 0.1) is 11.1 Å². The highest BCUT2D eigenvalue weighted by Crippen LogP contribution is 2.26. The molecule has 1 N–H and O–H groups in total. The largest absolute Gasteiger partial charge is 0.490 e. The van der Waals surface area contributed by atoms with Crippen molar-refractivity contribution >= 4 is 34.8 Å². The minimum atomic E-state index is -0.407. The fourth-order valence-electron chi connectivity index (χ4n) is 2.61. The van der Waals surface area contributed by atoms with Gasteiger partial charge in [-0.3, -0.25) is 4.79 Å². The summed E-state index contributed by atoms with van der Waals surface area (Å²) in [6.07, 6.45) is 4.85. The number of benzene rings is 1. The summed E-state index contributed by atoms with van der Waals surface area (Å²) in [5.41, 5.74) is 0.727. The third kappa shape index (κ3) is 4.15. The lowest BCUT2D eigenvalue weighted by molar-refractivity contribution is 0.102. The van der Waals surface area contributed by atoms with Gasteiger partial charge in [-0.25, -0.2) is 4.98 Å². The number of halogens is 2. The van der Waals surface area contributed by atoms with E-state index < -0.39 is 5.91 Å². The molecule has 1 amide bonds. The highest BCUT2D eigenvalue weighted by molar-refractivity contribution is 6.35. The van der Waals surface area contributed by atoms with Gasteiger partial charge in [0.1, 0.15) is 16.6 Å². The van der Waals surface area contributed by atoms with Crippen LogP contribution in [0, 0.1) is 0 Å². The summed E-state index contributed by atoms with van der Waals surface area (Å²) in [6.45, 7) is 0. The summed E-state index contributed by atoms with van der Waals surface area (Å²) < 4.78 is 5.93. The zero-order chi connectivity index (χ0) is 16.2. The molecule has 1 aromatic heterocycles. The number of anilines is 1. The quantitative estimate of drug-likeness (QED) is 0.792. The average Bonchev–Trinajstić information content (AvgIpc) is 3.03. The monoisotopic (exact) mass is 350 g/mol. The number of pyridine rings is 1. The zero-order valence-electron chi connectivity index (χ0n) is 12.4. The van der Waals surface area contributed by atoms with E-state index in [4.69, 9.17) is 27.9 Å². The smallest absolute Gasteiger partial charge is 0.275 e. The number of carbonyl (C=O) groups excluding carboxylic acids is 1. The molecule has 1 aliphatic carbocycles. The molecule has 0 aliphatic heterocycles. The summed E-state index contributed by atoms with van der Waals surface area (Å²) in [7, 11) is 0. The van der Waals surface area contributed by atoms with Gasteiger partial charge in [-0.2, -0.15) is 0 Å². The minimum absolute atomic E-state index is 0.0984. The van der Waals surface area contributed by atoms with Crippen LogP contribution in [0.25, 0.3) is 0 Å². The van der Waals surface area contributed by atoms with Crippen LogP contribution in [-0.4, -0.2) is 17.0 Å². The Morgan fingerprint density at radius 3 is 2.74 bits per heavy atom. The van der Waals surface area contributed by atoms with E-state index in [0.29, 0.717) is 5.69 Å². The molecule has 0 atom stereocenters. The maximum absolute atomic E-state index is 12.3. The Morgan fingerprint density at radius 1 is 1.17 bits per heavy atom. The second-order valence-electron chi connectivity index (χ2n) is 5.47. The van der Waals surface area contributed by atoms with E-state index in [0.717, 1.165) is 18.6 Å². The van der Waals surface area contributed by atoms with Crippen molar-refractivity contribution in [1.29, 1.82) is 0 Å². The van der Waals surface area contributed by atoms with Crippen LogP contribution < -0.4 is 10.1 Å². The molecule has 1 aromatic carbocycles. The van der Waals surface area contributed by atoms with Gasteiger partial charge >= 0.3 is 0 Å². The van der Waals surface area contributed by atoms with E-state index in [2.05, 4.69) is 10.3 Å². The number of nitrogens with one attached hydrogen (secondary N) is 1. The van der Waals surface area contributed by atoms with Gasteiger partial charge in [0.25, 0.3) is 5.91 Å². The van der Waals surface area contributed by atoms with Crippen molar-refractivity contribution in [3.8, 4) is 5.75 Å². The first-order chi connectivity index (χ1) is 11.1. The predicted octanol–water partition coefficient (Wildman–Crippen LogP) is 4.96. The minimum Gasteiger partial charge on any atom is -0.490 e. The molecular formula is C17H16Cl2N2O2. The number of aromatic nitrogens is 1. The fraction of sp³-hybridized carbons (Fsp3) is 0.294. The second-order valence-corrected chi connectivity index (χ2v) is 6.27. The van der Waals surface area contributed by atoms with E-state index in [1.165, 1.54) is 18.9 Å². The summed E-state index contributed by atoms with van der Waals surface area (Å²) in [6, 6.07) is 10.4. The number of hydrogen-bond acceptors (Lipinski definition) is 3. The van der Waals surface area contributed by atoms with Gasteiger partial charge in [-0.1, -0.05) is 29.3 Å². The first-order valence-corrected chi connectivity index (χ1v) is 8.27. The molecule has 1 saturated carbocycles. The second kappa shape index (κ2) is 7.20. The molecule has 2 aromatic rings. The van der Waals surface area contributed by atoms with Crippen molar-refractivity contribution in [2.24, 2.45) is 0 Å². The van der Waals surface area contributed by atoms with Crippen molar-refractivity contribution in [1.82, 2.24) is 4.98 Å². The highest BCUT2D eigenvalue weighted by atomic mass is 35.5. The van der Waals surface area contributed by atoms with Gasteiger partial charge in [0, 0.05) is 11.8 Å². The Labute approximate surface area is 144 Å². The van der Waals surface area contributed by atoms with Gasteiger partial charge in [-0.05, 0) is 49.9 Å². The van der Waals surface area contributed by atoms with E-state index in [1.807, 2.05) is 12.1 Å². The van der Waals surface area contributed by atoms with E-state index in [-0.39, 0.29) is 22.0 Å². The summed E-state index contributed by atoms with van der Waals surface area (Å²) in [5.74, 6) is 0.343. The lowest BCUT2D eigenvalue weighted by Crippen LogP contribution is -2.15. The Bertz CT molecular complexity index is 715. The van der Waals surface area contributed by atoms with Crippen molar-refractivity contribution in [3.05, 3.63) is 52.3 Å². The predicted molar refractivity (Wildman–Crippen MR) is 91.5 cm³/mol. The normalized spacial score (nSPS) is 14.7. The Balaban J connectivity index is 1.72. The number of rotatable bonds is 4. The third-order valence-electron chi connectivity index (χ3n) is 3.72. The van der Waals surface area contributed by atoms with Gasteiger partial charge in [-0.15, -0.1) is 0 Å². The summed E-state index contributed by atoms with van der Waals surface area (Å²) >= 11 is 11.8. The van der Waals surface area contributed by atoms with Gasteiger partial charge < -0.3 is 10.1 Å². The highest BCUT2D eigenvalue weighted by Gasteiger charge is 2.17. The molecule has 0 saturated heterocycles. The van der Waals surface area contributed by atoms with Crippen LogP contribution in [0.5, 0.6) is 5.75 Å². The van der Waals surface area contributed by atoms with Gasteiger partial charge in [0.15, 0.2) is 0 Å². The maximum Gasteiger partial charge on any atom is 0.275 e. The average molecular weight is 351 g/mol. The number of amides is 1. The van der Waals surface area contributed by atoms with Crippen LogP contribution in [0.3, 0.4) is 0 Å². The molecule has 120 valence electrons. The van der Waals surface area contributed by atoms with Crippen LogP contribution in [0.2, 0.25) is 10.2 Å². The van der Waals surface area contributed by atoms with E-state index >= 15 is 0 Å². The molecule has 6 heteroatoms. The zero-order valence-corrected chi connectivity index (χ0v) is 13.9. The lowest BCUT2D eigenvalue weighted by atomic mass is 10.2. The van der Waals surface area contributed by atoms with Crippen LogP contribution in [0.4, 0.5) is 5.69 Å². The third-order valence-corrected chi connectivity index (χ3v) is 4.24. The summed E-state index contributed by atoms with van der Waals surface area (Å²) in [5, 5.41) is 3.24. The molecule has 0 radical (unpaired) electrons. The molecule has 0 unspecified atom stereocenters. The number of hydrogen-bond donors (Lipinski definition) is 1. The molecule has 1 heterocycles. The molecule has 23 heavy (non-hydrogen) atoms. The topological polar surface area (TPSA) is 51.2 Å². The fourth-order valence-corrected chi connectivity index (χ4v) is 2.95. The summed E-state index contributed by atoms with van der Waals surface area (Å²) in [4.78, 5) is 16.3. The molecular weight excluding hydrogens is 335 g/mol. The first-order valence-electron chi connectivity index (χ1n) is 7.52. The van der Waals surface area contributed by atoms with Crippen LogP contribution >= 0.6 is 23.2 Å². The molecule has 4 nitrogen and oxygen atoms in total. The van der Waals surface area contributed by atoms with E-state index in [9.17, 15) is 4.79 Å². The Hall–Kier alpha value is -1.78. The van der Waals surface area contributed by atoms with Crippen LogP contribution in [0.1, 0.15) is 36.2 Å². The molecule has 0 spiro atoms. The number of nitrogens with zero attached hydrogens (tertiary/aromatic N) is 1. The Kier molecular flexibility index (Phi) is 5.03. The van der Waals surface area contributed by atoms with Gasteiger partial charge in [0.2, 0.25) is 0 Å². The maximum atomic E-state index is 12.3. The molecule has 1 fully saturated rings. The van der Waals surface area contributed by atoms with Crippen molar-refractivity contribution < 1.29 is 9.53 Å². The molecule has 0 bridgehead atoms. The number of ether oxygens (including phenoxy) is 1. The van der Waals surface area contributed by atoms with Crippen molar-refractivity contribution in [2.75, 3.05) is 5.32 Å². The molecule has 3 rings (SSSR count). The van der Waals surface area contributed by atoms with Crippen molar-refractivity contribution in [2.45, 2.75) is 31.8 Å². The standard InChI is InChI=1S/C17H16Cl2N2O2/c18-14-8-9-15(19)21-16(14)17(22)20-11-4-3-7-13(10-11)23-12-5-1-2-6-12/h3-4,7-10,12H,1-2,5-6H2,(H,20,22). The lowest BCUT2D eigenvalue weighted by Gasteiger charge is -2.14. The number of carbonyl (C=O) groups is 1. The van der Waals surface area contributed by atoms with Crippen LogP contribution in [-0.2, 0) is 0 Å².